The summed E-state index contributed by atoms with van der Waals surface area (Å²) in [4.78, 5) is 18.2. The third-order valence-corrected chi connectivity index (χ3v) is 6.16. The van der Waals surface area contributed by atoms with Gasteiger partial charge in [0, 0.05) is 0 Å². The first-order valence-corrected chi connectivity index (χ1v) is 11.6. The van der Waals surface area contributed by atoms with Crippen LogP contribution in [-0.4, -0.2) is 19.7 Å². The van der Waals surface area contributed by atoms with E-state index in [0.717, 1.165) is 22.4 Å². The summed E-state index contributed by atoms with van der Waals surface area (Å²) in [5, 5.41) is 9.54. The maximum absolute atomic E-state index is 13.4. The molecule has 0 aliphatic carbocycles. The summed E-state index contributed by atoms with van der Waals surface area (Å²) in [5.74, 6) is 1.48. The van der Waals surface area contributed by atoms with Crippen molar-refractivity contribution in [3.8, 4) is 5.69 Å². The molecule has 0 bridgehead atoms. The number of benzene rings is 3. The van der Waals surface area contributed by atoms with Crippen molar-refractivity contribution in [3.63, 3.8) is 0 Å². The second kappa shape index (κ2) is 9.03. The molecule has 6 nitrogen and oxygen atoms in total. The van der Waals surface area contributed by atoms with Gasteiger partial charge >= 0.3 is 0 Å². The lowest BCUT2D eigenvalue weighted by Gasteiger charge is -2.14. The number of rotatable bonds is 6. The van der Waals surface area contributed by atoms with Crippen molar-refractivity contribution in [3.05, 3.63) is 112 Å². The number of para-hydroxylation sites is 1. The van der Waals surface area contributed by atoms with Gasteiger partial charge in [0.05, 0.1) is 28.8 Å². The second-order valence-corrected chi connectivity index (χ2v) is 8.88. The van der Waals surface area contributed by atoms with Gasteiger partial charge in [0.25, 0.3) is 5.56 Å². The molecule has 7 heteroatoms. The van der Waals surface area contributed by atoms with Gasteiger partial charge in [-0.15, -0.1) is 10.2 Å². The average Bonchev–Trinajstić information content (AvgIpc) is 3.25. The molecule has 0 fully saturated rings. The molecule has 0 radical (unpaired) electrons. The number of thioether (sulfide) groups is 1. The van der Waals surface area contributed by atoms with E-state index in [1.807, 2.05) is 80.6 Å². The number of aromatic nitrogens is 4. The molecule has 0 N–H and O–H groups in total. The standard InChI is InChI=1S/C26H22N4O2S/c1-17-12-18(2)14-20(13-17)30-25(31)21-10-6-7-11-22(21)27-26(30)33-16-24-29-28-23(32-24)15-19-8-4-3-5-9-19/h3-14H,15-16H2,1-2H3. The minimum absolute atomic E-state index is 0.0941. The first-order chi connectivity index (χ1) is 16.1. The molecule has 0 atom stereocenters. The molecule has 3 aromatic carbocycles. The second-order valence-electron chi connectivity index (χ2n) is 7.94. The molecular weight excluding hydrogens is 432 g/mol. The molecule has 0 unspecified atom stereocenters. The Morgan fingerprint density at radius 1 is 0.879 bits per heavy atom. The van der Waals surface area contributed by atoms with Gasteiger partial charge in [0.2, 0.25) is 11.8 Å². The summed E-state index contributed by atoms with van der Waals surface area (Å²) < 4.78 is 7.53. The topological polar surface area (TPSA) is 73.8 Å². The average molecular weight is 455 g/mol. The maximum Gasteiger partial charge on any atom is 0.266 e. The Labute approximate surface area is 195 Å². The Balaban J connectivity index is 1.48. The van der Waals surface area contributed by atoms with Crippen LogP contribution in [0.25, 0.3) is 16.6 Å². The van der Waals surface area contributed by atoms with Crippen LogP contribution in [0.1, 0.15) is 28.5 Å². The fourth-order valence-electron chi connectivity index (χ4n) is 3.83. The summed E-state index contributed by atoms with van der Waals surface area (Å²) in [6.07, 6.45) is 0.583. The van der Waals surface area contributed by atoms with Gasteiger partial charge in [-0.1, -0.05) is 60.3 Å². The fraction of sp³-hybridized carbons (Fsp3) is 0.154. The van der Waals surface area contributed by atoms with E-state index in [4.69, 9.17) is 9.40 Å². The number of aryl methyl sites for hydroxylation is 2. The van der Waals surface area contributed by atoms with E-state index in [-0.39, 0.29) is 5.56 Å². The molecule has 0 saturated carbocycles. The van der Waals surface area contributed by atoms with Crippen molar-refractivity contribution in [1.29, 1.82) is 0 Å². The Hall–Kier alpha value is -3.71. The highest BCUT2D eigenvalue weighted by Crippen LogP contribution is 2.25. The Bertz CT molecular complexity index is 1470. The predicted octanol–water partition coefficient (Wildman–Crippen LogP) is 5.27. The predicted molar refractivity (Wildman–Crippen MR) is 130 cm³/mol. The van der Waals surface area contributed by atoms with Gasteiger partial charge in [-0.25, -0.2) is 4.98 Å². The molecule has 2 heterocycles. The zero-order chi connectivity index (χ0) is 22.8. The largest absolute Gasteiger partial charge is 0.424 e. The third-order valence-electron chi connectivity index (χ3n) is 5.24. The van der Waals surface area contributed by atoms with E-state index in [2.05, 4.69) is 16.3 Å². The van der Waals surface area contributed by atoms with E-state index in [9.17, 15) is 4.79 Å². The highest BCUT2D eigenvalue weighted by atomic mass is 32.2. The highest BCUT2D eigenvalue weighted by molar-refractivity contribution is 7.98. The Morgan fingerprint density at radius 2 is 1.58 bits per heavy atom. The zero-order valence-corrected chi connectivity index (χ0v) is 19.2. The molecule has 33 heavy (non-hydrogen) atoms. The molecule has 0 aliphatic heterocycles. The van der Waals surface area contributed by atoms with E-state index in [1.165, 1.54) is 11.8 Å². The summed E-state index contributed by atoms with van der Waals surface area (Å²) in [6.45, 7) is 4.05. The van der Waals surface area contributed by atoms with Crippen molar-refractivity contribution in [2.75, 3.05) is 0 Å². The van der Waals surface area contributed by atoms with Crippen LogP contribution in [0.2, 0.25) is 0 Å². The van der Waals surface area contributed by atoms with Gasteiger partial charge in [-0.3, -0.25) is 9.36 Å². The quantitative estimate of drug-likeness (QED) is 0.257. The molecule has 0 amide bonds. The van der Waals surface area contributed by atoms with Crippen LogP contribution in [-0.2, 0) is 12.2 Å². The summed E-state index contributed by atoms with van der Waals surface area (Å²) in [5.41, 5.74) is 4.66. The molecular formula is C26H22N4O2S. The van der Waals surface area contributed by atoms with Crippen LogP contribution >= 0.6 is 11.8 Å². The van der Waals surface area contributed by atoms with Gasteiger partial charge in [-0.2, -0.15) is 0 Å². The number of hydrogen-bond acceptors (Lipinski definition) is 6. The van der Waals surface area contributed by atoms with Crippen LogP contribution in [0.5, 0.6) is 0 Å². The van der Waals surface area contributed by atoms with Gasteiger partial charge in [-0.05, 0) is 54.8 Å². The lowest BCUT2D eigenvalue weighted by Crippen LogP contribution is -2.22. The van der Waals surface area contributed by atoms with Crippen molar-refractivity contribution in [1.82, 2.24) is 19.7 Å². The first-order valence-electron chi connectivity index (χ1n) is 10.7. The zero-order valence-electron chi connectivity index (χ0n) is 18.4. The monoisotopic (exact) mass is 454 g/mol. The normalized spacial score (nSPS) is 11.2. The minimum Gasteiger partial charge on any atom is -0.424 e. The number of hydrogen-bond donors (Lipinski definition) is 0. The smallest absolute Gasteiger partial charge is 0.266 e. The first kappa shape index (κ1) is 21.2. The van der Waals surface area contributed by atoms with Crippen LogP contribution in [0.4, 0.5) is 0 Å². The lowest BCUT2D eigenvalue weighted by molar-refractivity contribution is 0.474. The van der Waals surface area contributed by atoms with Crippen LogP contribution in [0.3, 0.4) is 0 Å². The molecule has 164 valence electrons. The van der Waals surface area contributed by atoms with Crippen molar-refractivity contribution >= 4 is 22.7 Å². The molecule has 2 aromatic heterocycles. The van der Waals surface area contributed by atoms with Crippen molar-refractivity contribution in [2.24, 2.45) is 0 Å². The van der Waals surface area contributed by atoms with E-state index in [0.29, 0.717) is 40.0 Å². The van der Waals surface area contributed by atoms with Gasteiger partial charge < -0.3 is 4.42 Å². The molecule has 0 saturated heterocycles. The van der Waals surface area contributed by atoms with E-state index in [1.54, 1.807) is 4.57 Å². The molecule has 0 aliphatic rings. The van der Waals surface area contributed by atoms with Crippen LogP contribution < -0.4 is 5.56 Å². The van der Waals surface area contributed by atoms with Crippen molar-refractivity contribution in [2.45, 2.75) is 31.2 Å². The van der Waals surface area contributed by atoms with E-state index >= 15 is 0 Å². The Morgan fingerprint density at radius 3 is 2.36 bits per heavy atom. The summed E-state index contributed by atoms with van der Waals surface area (Å²) in [6, 6.07) is 23.5. The Kier molecular flexibility index (Phi) is 5.79. The minimum atomic E-state index is -0.0941. The molecule has 5 aromatic rings. The van der Waals surface area contributed by atoms with Crippen LogP contribution in [0.15, 0.2) is 87.2 Å². The fourth-order valence-corrected chi connectivity index (χ4v) is 4.68. The van der Waals surface area contributed by atoms with Gasteiger partial charge in [0.15, 0.2) is 5.16 Å². The van der Waals surface area contributed by atoms with Gasteiger partial charge in [0.1, 0.15) is 0 Å². The summed E-state index contributed by atoms with van der Waals surface area (Å²) in [7, 11) is 0. The molecule has 0 spiro atoms. The third kappa shape index (κ3) is 4.59. The SMILES string of the molecule is Cc1cc(C)cc(-n2c(SCc3nnc(Cc4ccccc4)o3)nc3ccccc3c2=O)c1. The number of nitrogens with zero attached hydrogens (tertiary/aromatic N) is 4. The van der Waals surface area contributed by atoms with E-state index < -0.39 is 0 Å². The van der Waals surface area contributed by atoms with Crippen molar-refractivity contribution < 1.29 is 4.42 Å². The number of fused-ring (bicyclic) bond motifs is 1. The molecule has 5 rings (SSSR count). The highest BCUT2D eigenvalue weighted by Gasteiger charge is 2.16. The maximum atomic E-state index is 13.4. The summed E-state index contributed by atoms with van der Waals surface area (Å²) >= 11 is 1.41. The van der Waals surface area contributed by atoms with Crippen LogP contribution in [0, 0.1) is 13.8 Å². The lowest BCUT2D eigenvalue weighted by atomic mass is 10.1.